The maximum atomic E-state index is 12.4. The molecule has 1 aliphatic rings. The van der Waals surface area contributed by atoms with Crippen molar-refractivity contribution in [2.24, 2.45) is 11.8 Å². The largest absolute Gasteiger partial charge is 0.392 e. The van der Waals surface area contributed by atoms with Crippen molar-refractivity contribution in [1.29, 1.82) is 0 Å². The summed E-state index contributed by atoms with van der Waals surface area (Å²) >= 11 is 0. The number of benzene rings is 1. The maximum absolute atomic E-state index is 12.4. The molecule has 2 heteroatoms. The molecule has 2 nitrogen and oxygen atoms in total. The number of aliphatic hydroxyl groups is 1. The van der Waals surface area contributed by atoms with Gasteiger partial charge in [-0.3, -0.25) is 4.79 Å². The van der Waals surface area contributed by atoms with E-state index in [1.54, 1.807) is 18.2 Å². The lowest BCUT2D eigenvalue weighted by molar-refractivity contribution is 0.0628. The highest BCUT2D eigenvalue weighted by atomic mass is 16.3. The summed E-state index contributed by atoms with van der Waals surface area (Å²) in [5.41, 5.74) is 1.69. The third-order valence-corrected chi connectivity index (χ3v) is 3.49. The molecule has 0 bridgehead atoms. The number of hydrogen-bond acceptors (Lipinski definition) is 2. The Morgan fingerprint density at radius 1 is 1.44 bits per heavy atom. The predicted molar refractivity (Wildman–Crippen MR) is 72.3 cm³/mol. The van der Waals surface area contributed by atoms with E-state index in [9.17, 15) is 9.90 Å². The average Bonchev–Trinajstić information content (AvgIpc) is 3.13. The molecule has 1 aliphatic carbocycles. The molecule has 0 spiro atoms. The standard InChI is InChI=1S/C16H18O2/c1-3-7-13(16(18)14-10-11(14)2)15(17)12-8-5-4-6-9-12/h3-6,8-9,13-14,16,18H,1-2,7,10H2/t13-,14?,16+/m0/s1. The molecule has 0 heterocycles. The van der Waals surface area contributed by atoms with Crippen molar-refractivity contribution in [3.05, 3.63) is 60.7 Å². The molecule has 0 amide bonds. The van der Waals surface area contributed by atoms with Gasteiger partial charge in [-0.05, 0) is 12.8 Å². The van der Waals surface area contributed by atoms with Gasteiger partial charge in [0.25, 0.3) is 0 Å². The normalized spacial score (nSPS) is 21.2. The maximum Gasteiger partial charge on any atom is 0.168 e. The van der Waals surface area contributed by atoms with Crippen molar-refractivity contribution in [2.45, 2.75) is 18.9 Å². The molecule has 1 saturated carbocycles. The zero-order valence-corrected chi connectivity index (χ0v) is 10.4. The van der Waals surface area contributed by atoms with E-state index in [2.05, 4.69) is 13.2 Å². The Morgan fingerprint density at radius 2 is 2.06 bits per heavy atom. The van der Waals surface area contributed by atoms with Crippen LogP contribution in [0.4, 0.5) is 0 Å². The molecule has 94 valence electrons. The lowest BCUT2D eigenvalue weighted by atomic mass is 9.87. The van der Waals surface area contributed by atoms with Gasteiger partial charge < -0.3 is 5.11 Å². The van der Waals surface area contributed by atoms with E-state index in [1.165, 1.54) is 0 Å². The van der Waals surface area contributed by atoms with Crippen LogP contribution in [0.15, 0.2) is 55.1 Å². The molecule has 1 N–H and O–H groups in total. The van der Waals surface area contributed by atoms with Gasteiger partial charge in [-0.25, -0.2) is 0 Å². The van der Waals surface area contributed by atoms with Gasteiger partial charge in [0.15, 0.2) is 5.78 Å². The topological polar surface area (TPSA) is 37.3 Å². The summed E-state index contributed by atoms with van der Waals surface area (Å²) in [6.45, 7) is 7.52. The second-order valence-corrected chi connectivity index (χ2v) is 4.82. The second-order valence-electron chi connectivity index (χ2n) is 4.82. The average molecular weight is 242 g/mol. The fourth-order valence-electron chi connectivity index (χ4n) is 2.26. The van der Waals surface area contributed by atoms with Crippen molar-refractivity contribution < 1.29 is 9.90 Å². The van der Waals surface area contributed by atoms with Crippen LogP contribution in [0.2, 0.25) is 0 Å². The lowest BCUT2D eigenvalue weighted by Crippen LogP contribution is -2.29. The Balaban J connectivity index is 2.17. The van der Waals surface area contributed by atoms with Crippen molar-refractivity contribution >= 4 is 5.78 Å². The van der Waals surface area contributed by atoms with Crippen molar-refractivity contribution in [3.8, 4) is 0 Å². The monoisotopic (exact) mass is 242 g/mol. The summed E-state index contributed by atoms with van der Waals surface area (Å²) in [7, 11) is 0. The summed E-state index contributed by atoms with van der Waals surface area (Å²) in [6.07, 6.45) is 2.39. The molecule has 3 atom stereocenters. The summed E-state index contributed by atoms with van der Waals surface area (Å²) in [5.74, 6) is -0.334. The summed E-state index contributed by atoms with van der Waals surface area (Å²) in [5, 5.41) is 10.3. The van der Waals surface area contributed by atoms with Gasteiger partial charge in [0, 0.05) is 11.5 Å². The molecule has 18 heavy (non-hydrogen) atoms. The molecular weight excluding hydrogens is 224 g/mol. The van der Waals surface area contributed by atoms with E-state index in [-0.39, 0.29) is 11.7 Å². The van der Waals surface area contributed by atoms with Crippen LogP contribution in [0.25, 0.3) is 0 Å². The summed E-state index contributed by atoms with van der Waals surface area (Å²) in [4.78, 5) is 12.4. The zero-order chi connectivity index (χ0) is 13.1. The zero-order valence-electron chi connectivity index (χ0n) is 10.4. The highest BCUT2D eigenvalue weighted by molar-refractivity contribution is 5.98. The number of Topliss-reactive ketones (excluding diaryl/α,β-unsaturated/α-hetero) is 1. The third-order valence-electron chi connectivity index (χ3n) is 3.49. The molecule has 1 fully saturated rings. The van der Waals surface area contributed by atoms with Gasteiger partial charge in [0.1, 0.15) is 0 Å². The second kappa shape index (κ2) is 5.32. The van der Waals surface area contributed by atoms with Crippen molar-refractivity contribution in [2.75, 3.05) is 0 Å². The van der Waals surface area contributed by atoms with Crippen LogP contribution in [0.5, 0.6) is 0 Å². The van der Waals surface area contributed by atoms with Gasteiger partial charge in [0.2, 0.25) is 0 Å². The molecule has 0 aliphatic heterocycles. The van der Waals surface area contributed by atoms with E-state index in [1.807, 2.05) is 18.2 Å². The number of carbonyl (C=O) groups excluding carboxylic acids is 1. The predicted octanol–water partition coefficient (Wildman–Crippen LogP) is 3.00. The van der Waals surface area contributed by atoms with Crippen molar-refractivity contribution in [1.82, 2.24) is 0 Å². The van der Waals surface area contributed by atoms with Crippen LogP contribution >= 0.6 is 0 Å². The molecule has 1 aromatic rings. The van der Waals surface area contributed by atoms with Crippen molar-refractivity contribution in [3.63, 3.8) is 0 Å². The van der Waals surface area contributed by atoms with Gasteiger partial charge in [-0.1, -0.05) is 48.6 Å². The van der Waals surface area contributed by atoms with Crippen LogP contribution < -0.4 is 0 Å². The molecule has 0 aromatic heterocycles. The molecule has 0 radical (unpaired) electrons. The Kier molecular flexibility index (Phi) is 3.78. The number of carbonyl (C=O) groups is 1. The number of ketones is 1. The first-order chi connectivity index (χ1) is 8.65. The number of hydrogen-bond donors (Lipinski definition) is 1. The highest BCUT2D eigenvalue weighted by Crippen LogP contribution is 2.42. The third kappa shape index (κ3) is 2.59. The quantitative estimate of drug-likeness (QED) is 0.615. The molecule has 0 saturated heterocycles. The highest BCUT2D eigenvalue weighted by Gasteiger charge is 2.41. The smallest absolute Gasteiger partial charge is 0.168 e. The van der Waals surface area contributed by atoms with Gasteiger partial charge >= 0.3 is 0 Å². The van der Waals surface area contributed by atoms with E-state index in [0.29, 0.717) is 12.0 Å². The molecule has 2 rings (SSSR count). The minimum atomic E-state index is -0.636. The Labute approximate surface area is 108 Å². The number of aliphatic hydroxyl groups excluding tert-OH is 1. The van der Waals surface area contributed by atoms with E-state index in [0.717, 1.165) is 12.0 Å². The fourth-order valence-corrected chi connectivity index (χ4v) is 2.26. The van der Waals surface area contributed by atoms with E-state index in [4.69, 9.17) is 0 Å². The molecule has 1 unspecified atom stereocenters. The Morgan fingerprint density at radius 3 is 2.56 bits per heavy atom. The minimum Gasteiger partial charge on any atom is -0.392 e. The summed E-state index contributed by atoms with van der Waals surface area (Å²) < 4.78 is 0. The first-order valence-electron chi connectivity index (χ1n) is 6.21. The van der Waals surface area contributed by atoms with Gasteiger partial charge in [0.05, 0.1) is 12.0 Å². The first-order valence-corrected chi connectivity index (χ1v) is 6.21. The number of rotatable bonds is 6. The number of allylic oxidation sites excluding steroid dienone is 1. The van der Waals surface area contributed by atoms with Crippen LogP contribution in [0.1, 0.15) is 23.2 Å². The van der Waals surface area contributed by atoms with Crippen LogP contribution in [-0.2, 0) is 0 Å². The van der Waals surface area contributed by atoms with Gasteiger partial charge in [-0.15, -0.1) is 6.58 Å². The molecular formula is C16H18O2. The SMILES string of the molecule is C=CC[C@@H](C(=O)c1ccccc1)[C@@H](O)C1CC1=C. The van der Waals surface area contributed by atoms with E-state index >= 15 is 0 Å². The Bertz CT molecular complexity index is 461. The fraction of sp³-hybridized carbons (Fsp3) is 0.312. The van der Waals surface area contributed by atoms with Crippen LogP contribution in [0.3, 0.4) is 0 Å². The summed E-state index contributed by atoms with van der Waals surface area (Å²) in [6, 6.07) is 9.11. The van der Waals surface area contributed by atoms with Crippen LogP contribution in [-0.4, -0.2) is 17.0 Å². The lowest BCUT2D eigenvalue weighted by Gasteiger charge is -2.20. The molecule has 1 aromatic carbocycles. The van der Waals surface area contributed by atoms with Gasteiger partial charge in [-0.2, -0.15) is 0 Å². The first kappa shape index (κ1) is 12.8. The van der Waals surface area contributed by atoms with Crippen LogP contribution in [0, 0.1) is 11.8 Å². The van der Waals surface area contributed by atoms with E-state index < -0.39 is 12.0 Å². The Hall–Kier alpha value is -1.67. The minimum absolute atomic E-state index is 0.0114.